The van der Waals surface area contributed by atoms with Crippen LogP contribution in [0.15, 0.2) is 67.1 Å². The molecular weight excluding hydrogens is 424 g/mol. The van der Waals surface area contributed by atoms with Crippen molar-refractivity contribution in [2.45, 2.75) is 31.1 Å². The molecule has 0 radical (unpaired) electrons. The van der Waals surface area contributed by atoms with Gasteiger partial charge >= 0.3 is 0 Å². The SMILES string of the molecule is COc1ccc(-c2cn3cccnc3n2)cc1NC(=O)C1(c2ccc(Cl)cc2)CCCC1. The monoisotopic (exact) mass is 446 g/mol. The zero-order valence-corrected chi connectivity index (χ0v) is 18.5. The lowest BCUT2D eigenvalue weighted by Crippen LogP contribution is -2.38. The van der Waals surface area contributed by atoms with Crippen molar-refractivity contribution in [2.75, 3.05) is 12.4 Å². The Kier molecular flexibility index (Phi) is 5.31. The van der Waals surface area contributed by atoms with E-state index in [4.69, 9.17) is 16.3 Å². The number of imidazole rings is 1. The van der Waals surface area contributed by atoms with Crippen molar-refractivity contribution >= 4 is 29.0 Å². The third kappa shape index (κ3) is 3.60. The maximum absolute atomic E-state index is 13.6. The number of amides is 1. The largest absolute Gasteiger partial charge is 0.495 e. The van der Waals surface area contributed by atoms with Crippen LogP contribution in [0.2, 0.25) is 5.02 Å². The van der Waals surface area contributed by atoms with E-state index in [2.05, 4.69) is 15.3 Å². The standard InChI is InChI=1S/C25H23ClN4O2/c1-32-22-10-5-17(21-16-30-14-4-13-27-24(30)29-21)15-20(22)28-23(31)25(11-2-3-12-25)18-6-8-19(26)9-7-18/h4-10,13-16H,2-3,11-12H2,1H3,(H,28,31). The molecule has 2 heterocycles. The molecular formula is C25H23ClN4O2. The predicted molar refractivity (Wildman–Crippen MR) is 125 cm³/mol. The van der Waals surface area contributed by atoms with Crippen LogP contribution in [0.4, 0.5) is 5.69 Å². The molecule has 5 rings (SSSR count). The predicted octanol–water partition coefficient (Wildman–Crippen LogP) is 5.51. The average Bonchev–Trinajstić information content (AvgIpc) is 3.48. The van der Waals surface area contributed by atoms with E-state index in [1.54, 1.807) is 13.3 Å². The highest BCUT2D eigenvalue weighted by molar-refractivity contribution is 6.30. The molecule has 1 fully saturated rings. The molecule has 2 aromatic carbocycles. The number of rotatable bonds is 5. The number of nitrogens with zero attached hydrogens (tertiary/aromatic N) is 3. The molecule has 7 heteroatoms. The van der Waals surface area contributed by atoms with Gasteiger partial charge in [0, 0.05) is 29.2 Å². The minimum atomic E-state index is -0.571. The Hall–Kier alpha value is -3.38. The highest BCUT2D eigenvalue weighted by Gasteiger charge is 2.42. The molecule has 1 N–H and O–H groups in total. The number of nitrogens with one attached hydrogen (secondary N) is 1. The van der Waals surface area contributed by atoms with Crippen molar-refractivity contribution in [3.05, 3.63) is 77.7 Å². The van der Waals surface area contributed by atoms with E-state index in [9.17, 15) is 4.79 Å². The van der Waals surface area contributed by atoms with E-state index in [1.807, 2.05) is 65.3 Å². The molecule has 32 heavy (non-hydrogen) atoms. The topological polar surface area (TPSA) is 68.5 Å². The Labute approximate surface area is 191 Å². The van der Waals surface area contributed by atoms with E-state index >= 15 is 0 Å². The number of halogens is 1. The highest BCUT2D eigenvalue weighted by atomic mass is 35.5. The number of aromatic nitrogens is 3. The molecule has 1 amide bonds. The molecule has 1 aliphatic carbocycles. The summed E-state index contributed by atoms with van der Waals surface area (Å²) in [4.78, 5) is 22.5. The molecule has 2 aromatic heterocycles. The van der Waals surface area contributed by atoms with Crippen LogP contribution in [0.25, 0.3) is 17.0 Å². The van der Waals surface area contributed by atoms with E-state index in [-0.39, 0.29) is 5.91 Å². The number of ether oxygens (including phenoxy) is 1. The Bertz CT molecular complexity index is 1240. The number of fused-ring (bicyclic) bond motifs is 1. The maximum atomic E-state index is 13.6. The summed E-state index contributed by atoms with van der Waals surface area (Å²) < 4.78 is 7.41. The van der Waals surface area contributed by atoms with Gasteiger partial charge < -0.3 is 10.1 Å². The summed E-state index contributed by atoms with van der Waals surface area (Å²) >= 11 is 6.09. The minimum absolute atomic E-state index is 0.0237. The maximum Gasteiger partial charge on any atom is 0.235 e. The summed E-state index contributed by atoms with van der Waals surface area (Å²) in [7, 11) is 1.60. The van der Waals surface area contributed by atoms with Gasteiger partial charge in [0.1, 0.15) is 5.75 Å². The van der Waals surface area contributed by atoms with Crippen molar-refractivity contribution in [1.82, 2.24) is 14.4 Å². The normalized spacial score (nSPS) is 15.1. The van der Waals surface area contributed by atoms with Gasteiger partial charge in [0.15, 0.2) is 0 Å². The van der Waals surface area contributed by atoms with Gasteiger partial charge in [-0.2, -0.15) is 0 Å². The Morgan fingerprint density at radius 1 is 1.16 bits per heavy atom. The number of methoxy groups -OCH3 is 1. The quantitative estimate of drug-likeness (QED) is 0.439. The van der Waals surface area contributed by atoms with Crippen LogP contribution in [-0.4, -0.2) is 27.4 Å². The lowest BCUT2D eigenvalue weighted by atomic mass is 9.78. The summed E-state index contributed by atoms with van der Waals surface area (Å²) in [6.07, 6.45) is 9.18. The van der Waals surface area contributed by atoms with E-state index in [0.29, 0.717) is 22.2 Å². The first-order valence-electron chi connectivity index (χ1n) is 10.6. The van der Waals surface area contributed by atoms with Crippen LogP contribution in [-0.2, 0) is 10.2 Å². The molecule has 0 atom stereocenters. The second kappa shape index (κ2) is 8.28. The van der Waals surface area contributed by atoms with Gasteiger partial charge in [-0.1, -0.05) is 36.6 Å². The minimum Gasteiger partial charge on any atom is -0.495 e. The molecule has 0 unspecified atom stereocenters. The van der Waals surface area contributed by atoms with Crippen molar-refractivity contribution in [2.24, 2.45) is 0 Å². The number of benzene rings is 2. The molecule has 1 saturated carbocycles. The Balaban J connectivity index is 1.50. The average molecular weight is 447 g/mol. The summed E-state index contributed by atoms with van der Waals surface area (Å²) in [6.45, 7) is 0. The fourth-order valence-electron chi connectivity index (χ4n) is 4.57. The molecule has 6 nitrogen and oxygen atoms in total. The number of carbonyl (C=O) groups excluding carboxylic acids is 1. The molecule has 0 aliphatic heterocycles. The van der Waals surface area contributed by atoms with Gasteiger partial charge in [-0.3, -0.25) is 9.20 Å². The highest BCUT2D eigenvalue weighted by Crippen LogP contribution is 2.43. The van der Waals surface area contributed by atoms with E-state index in [0.717, 1.165) is 42.5 Å². The lowest BCUT2D eigenvalue weighted by molar-refractivity contribution is -0.121. The lowest BCUT2D eigenvalue weighted by Gasteiger charge is -2.29. The fraction of sp³-hybridized carbons (Fsp3) is 0.240. The Morgan fingerprint density at radius 3 is 2.66 bits per heavy atom. The summed E-state index contributed by atoms with van der Waals surface area (Å²) in [6, 6.07) is 15.2. The van der Waals surface area contributed by atoms with Gasteiger partial charge in [0.2, 0.25) is 11.7 Å². The van der Waals surface area contributed by atoms with Crippen LogP contribution < -0.4 is 10.1 Å². The van der Waals surface area contributed by atoms with Crippen molar-refractivity contribution in [3.8, 4) is 17.0 Å². The molecule has 0 bridgehead atoms. The third-order valence-electron chi connectivity index (χ3n) is 6.27. The van der Waals surface area contributed by atoms with Gasteiger partial charge in [0.05, 0.1) is 23.9 Å². The Morgan fingerprint density at radius 2 is 1.94 bits per heavy atom. The van der Waals surface area contributed by atoms with Gasteiger partial charge in [-0.25, -0.2) is 9.97 Å². The van der Waals surface area contributed by atoms with Gasteiger partial charge in [-0.05, 0) is 54.8 Å². The molecule has 1 aliphatic rings. The zero-order chi connectivity index (χ0) is 22.1. The number of anilines is 1. The zero-order valence-electron chi connectivity index (χ0n) is 17.7. The van der Waals surface area contributed by atoms with Crippen molar-refractivity contribution in [3.63, 3.8) is 0 Å². The molecule has 4 aromatic rings. The molecule has 0 spiro atoms. The van der Waals surface area contributed by atoms with Crippen molar-refractivity contribution in [1.29, 1.82) is 0 Å². The first-order valence-corrected chi connectivity index (χ1v) is 11.0. The molecule has 162 valence electrons. The van der Waals surface area contributed by atoms with Crippen LogP contribution in [0.1, 0.15) is 31.2 Å². The molecule has 0 saturated heterocycles. The van der Waals surface area contributed by atoms with E-state index in [1.165, 1.54) is 0 Å². The number of hydrogen-bond donors (Lipinski definition) is 1. The summed E-state index contributed by atoms with van der Waals surface area (Å²) in [5.74, 6) is 1.20. The van der Waals surface area contributed by atoms with Crippen LogP contribution in [0, 0.1) is 0 Å². The third-order valence-corrected chi connectivity index (χ3v) is 6.52. The second-order valence-electron chi connectivity index (χ2n) is 8.12. The summed E-state index contributed by atoms with van der Waals surface area (Å²) in [5.41, 5.74) is 2.70. The van der Waals surface area contributed by atoms with Crippen LogP contribution in [0.5, 0.6) is 5.75 Å². The number of carbonyl (C=O) groups is 1. The smallest absolute Gasteiger partial charge is 0.235 e. The summed E-state index contributed by atoms with van der Waals surface area (Å²) in [5, 5.41) is 3.82. The number of hydrogen-bond acceptors (Lipinski definition) is 4. The fourth-order valence-corrected chi connectivity index (χ4v) is 4.70. The first kappa shape index (κ1) is 20.5. The van der Waals surface area contributed by atoms with Crippen molar-refractivity contribution < 1.29 is 9.53 Å². The van der Waals surface area contributed by atoms with Gasteiger partial charge in [0.25, 0.3) is 0 Å². The van der Waals surface area contributed by atoms with E-state index < -0.39 is 5.41 Å². The van der Waals surface area contributed by atoms with Crippen LogP contribution >= 0.6 is 11.6 Å². The van der Waals surface area contributed by atoms with Crippen LogP contribution in [0.3, 0.4) is 0 Å². The van der Waals surface area contributed by atoms with Gasteiger partial charge in [-0.15, -0.1) is 0 Å². The second-order valence-corrected chi connectivity index (χ2v) is 8.55. The first-order chi connectivity index (χ1) is 15.6.